The van der Waals surface area contributed by atoms with E-state index in [0.717, 1.165) is 12.8 Å². The van der Waals surface area contributed by atoms with Gasteiger partial charge < -0.3 is 29.2 Å². The summed E-state index contributed by atoms with van der Waals surface area (Å²) < 4.78 is 51.2. The number of amidine groups is 1. The lowest BCUT2D eigenvalue weighted by Crippen LogP contribution is -2.57. The maximum Gasteiger partial charge on any atom is 0.459 e. The number of benzene rings is 1. The first kappa shape index (κ1) is 33.6. The Morgan fingerprint density at radius 1 is 1.16 bits per heavy atom. The summed E-state index contributed by atoms with van der Waals surface area (Å²) in [6, 6.07) is 7.35. The van der Waals surface area contributed by atoms with Crippen LogP contribution in [0.4, 0.5) is 0 Å². The Balaban J connectivity index is 1.35. The van der Waals surface area contributed by atoms with Gasteiger partial charge in [0.15, 0.2) is 11.6 Å². The summed E-state index contributed by atoms with van der Waals surface area (Å²) in [4.78, 5) is 17.0. The summed E-state index contributed by atoms with van der Waals surface area (Å²) in [7, 11) is -4.15. The smallest absolute Gasteiger partial charge is 0.459 e. The SMILES string of the molecule is CCC(CC)COC(=O)[C@H](C)NP(=O)(OC[C@H]1O[C@@](C)(C2C(C)C=C3C(N)=NC=NN32)[C@@H]2OC(C)(C)O[C@@H]21)Oc1ccccc1. The molecule has 0 radical (unpaired) electrons. The maximum atomic E-state index is 14.3. The number of nitrogens with zero attached hydrogens (tertiary/aromatic N) is 3. The normalized spacial score (nSPS) is 32.0. The van der Waals surface area contributed by atoms with Gasteiger partial charge in [-0.15, -0.1) is 0 Å². The molecule has 3 N–H and O–H groups in total. The molecule has 0 spiro atoms. The second-order valence-electron chi connectivity index (χ2n) is 12.7. The summed E-state index contributed by atoms with van der Waals surface area (Å²) in [6.07, 6.45) is 3.43. The fraction of sp³-hybridized carbons (Fsp3) is 0.645. The second kappa shape index (κ2) is 13.1. The van der Waals surface area contributed by atoms with Crippen LogP contribution in [0.2, 0.25) is 0 Å². The molecule has 4 aliphatic heterocycles. The lowest BCUT2D eigenvalue weighted by molar-refractivity contribution is -0.220. The standard InChI is InChI=1S/C31H46N5O8P/c1-8-21(9-2)16-39-29(37)20(4)35-45(38,44-22-13-11-10-12-14-22)40-17-24-25-27(43-30(5,6)42-25)31(7,41-24)26-19(3)15-23-28(32)33-18-34-36(23)26/h10-15,18-21,24-27H,8-9,16-17H2,1-7H3,(H,35,38)(H2,32,33,34)/t19?,20-,24+,25+,26?,27+,31-,45?/m0/s1. The van der Waals surface area contributed by atoms with Crippen LogP contribution >= 0.6 is 7.75 Å². The van der Waals surface area contributed by atoms with Gasteiger partial charge in [0.1, 0.15) is 42.0 Å². The number of esters is 1. The molecule has 1 aromatic rings. The third-order valence-corrected chi connectivity index (χ3v) is 10.5. The molecule has 45 heavy (non-hydrogen) atoms. The number of ether oxygens (including phenoxy) is 4. The molecular weight excluding hydrogens is 601 g/mol. The number of aliphatic imine (C=N–C) groups is 1. The molecule has 4 heterocycles. The average Bonchev–Trinajstić information content (AvgIpc) is 3.60. The number of nitrogens with one attached hydrogen (secondary N) is 1. The molecular formula is C31H46N5O8P. The molecule has 13 nitrogen and oxygen atoms in total. The Hall–Kier alpha value is -2.80. The zero-order chi connectivity index (χ0) is 32.6. The minimum Gasteiger partial charge on any atom is -0.464 e. The van der Waals surface area contributed by atoms with Crippen LogP contribution in [0, 0.1) is 11.8 Å². The van der Waals surface area contributed by atoms with Gasteiger partial charge in [-0.25, -0.2) is 9.56 Å². The lowest BCUT2D eigenvalue weighted by Gasteiger charge is -2.42. The predicted octanol–water partition coefficient (Wildman–Crippen LogP) is 4.34. The van der Waals surface area contributed by atoms with E-state index in [1.165, 1.54) is 6.34 Å². The highest BCUT2D eigenvalue weighted by Crippen LogP contribution is 2.52. The van der Waals surface area contributed by atoms with Gasteiger partial charge in [-0.3, -0.25) is 14.3 Å². The first-order valence-electron chi connectivity index (χ1n) is 15.6. The first-order chi connectivity index (χ1) is 21.3. The lowest BCUT2D eigenvalue weighted by atomic mass is 9.83. The molecule has 5 rings (SSSR count). The fourth-order valence-corrected chi connectivity index (χ4v) is 7.95. The van der Waals surface area contributed by atoms with Gasteiger partial charge in [0.2, 0.25) is 0 Å². The van der Waals surface area contributed by atoms with E-state index in [9.17, 15) is 9.36 Å². The summed E-state index contributed by atoms with van der Waals surface area (Å²) >= 11 is 0. The second-order valence-corrected chi connectivity index (χ2v) is 14.4. The van der Waals surface area contributed by atoms with Crippen LogP contribution in [-0.4, -0.2) is 78.1 Å². The highest BCUT2D eigenvalue weighted by Gasteiger charge is 2.66. The van der Waals surface area contributed by atoms with Gasteiger partial charge >= 0.3 is 13.7 Å². The molecule has 0 aromatic heterocycles. The molecule has 0 aliphatic carbocycles. The van der Waals surface area contributed by atoms with E-state index in [-0.39, 0.29) is 31.1 Å². The summed E-state index contributed by atoms with van der Waals surface area (Å²) in [5.41, 5.74) is 5.95. The van der Waals surface area contributed by atoms with Gasteiger partial charge in [-0.2, -0.15) is 10.2 Å². The number of hydrogen-bond acceptors (Lipinski definition) is 12. The van der Waals surface area contributed by atoms with Crippen molar-refractivity contribution in [3.8, 4) is 5.75 Å². The van der Waals surface area contributed by atoms with E-state index < -0.39 is 49.5 Å². The Kier molecular flexibility index (Phi) is 9.79. The molecule has 3 unspecified atom stereocenters. The molecule has 0 bridgehead atoms. The van der Waals surface area contributed by atoms with Crippen molar-refractivity contribution in [2.24, 2.45) is 27.7 Å². The number of hydrogen-bond donors (Lipinski definition) is 2. The van der Waals surface area contributed by atoms with E-state index in [0.29, 0.717) is 17.3 Å². The van der Waals surface area contributed by atoms with Gasteiger partial charge in [-0.1, -0.05) is 57.9 Å². The molecule has 0 saturated carbocycles. The number of hydrazone groups is 1. The quantitative estimate of drug-likeness (QED) is 0.232. The number of carbonyl (C=O) groups excluding carboxylic acids is 1. The van der Waals surface area contributed by atoms with E-state index in [2.05, 4.69) is 22.1 Å². The van der Waals surface area contributed by atoms with E-state index in [1.807, 2.05) is 51.8 Å². The van der Waals surface area contributed by atoms with E-state index in [1.54, 1.807) is 31.2 Å². The van der Waals surface area contributed by atoms with Crippen LogP contribution in [-0.2, 0) is 32.8 Å². The largest absolute Gasteiger partial charge is 0.464 e. The minimum absolute atomic E-state index is 0.0253. The molecule has 2 fully saturated rings. The van der Waals surface area contributed by atoms with Crippen molar-refractivity contribution in [2.45, 2.75) is 103 Å². The zero-order valence-corrected chi connectivity index (χ0v) is 27.9. The summed E-state index contributed by atoms with van der Waals surface area (Å²) in [6.45, 7) is 13.5. The van der Waals surface area contributed by atoms with Crippen molar-refractivity contribution in [2.75, 3.05) is 13.2 Å². The Morgan fingerprint density at radius 3 is 2.56 bits per heavy atom. The van der Waals surface area contributed by atoms with Crippen LogP contribution in [0.1, 0.15) is 61.3 Å². The first-order valence-corrected chi connectivity index (χ1v) is 17.2. The number of fused-ring (bicyclic) bond motifs is 2. The topological polar surface area (TPSA) is 156 Å². The molecule has 4 aliphatic rings. The van der Waals surface area contributed by atoms with Crippen LogP contribution in [0.25, 0.3) is 0 Å². The van der Waals surface area contributed by atoms with Crippen LogP contribution in [0.5, 0.6) is 5.75 Å². The Labute approximate surface area is 265 Å². The number of nitrogens with two attached hydrogens (primary N) is 1. The minimum atomic E-state index is -4.15. The van der Waals surface area contributed by atoms with Crippen molar-refractivity contribution in [3.05, 3.63) is 42.1 Å². The van der Waals surface area contributed by atoms with E-state index >= 15 is 0 Å². The number of carbonyl (C=O) groups is 1. The van der Waals surface area contributed by atoms with Gasteiger partial charge in [0, 0.05) is 5.92 Å². The third-order valence-electron chi connectivity index (χ3n) is 8.82. The summed E-state index contributed by atoms with van der Waals surface area (Å²) in [5.74, 6) is -0.551. The van der Waals surface area contributed by atoms with Gasteiger partial charge in [0.25, 0.3) is 0 Å². The number of para-hydroxylation sites is 1. The Bertz CT molecular complexity index is 1370. The van der Waals surface area contributed by atoms with Gasteiger partial charge in [-0.05, 0) is 45.7 Å². The molecule has 14 heteroatoms. The predicted molar refractivity (Wildman–Crippen MR) is 168 cm³/mol. The molecule has 8 atom stereocenters. The van der Waals surface area contributed by atoms with Crippen LogP contribution in [0.15, 0.2) is 52.2 Å². The van der Waals surface area contributed by atoms with Crippen molar-refractivity contribution in [3.63, 3.8) is 0 Å². The van der Waals surface area contributed by atoms with Crippen LogP contribution in [0.3, 0.4) is 0 Å². The summed E-state index contributed by atoms with van der Waals surface area (Å²) in [5, 5.41) is 9.10. The number of rotatable bonds is 13. The maximum absolute atomic E-state index is 14.3. The molecule has 248 valence electrons. The van der Waals surface area contributed by atoms with Crippen molar-refractivity contribution < 1.29 is 37.4 Å². The van der Waals surface area contributed by atoms with Gasteiger partial charge in [0.05, 0.1) is 25.0 Å². The zero-order valence-electron chi connectivity index (χ0n) is 27.0. The van der Waals surface area contributed by atoms with E-state index in [4.69, 9.17) is 33.7 Å². The third kappa shape index (κ3) is 6.99. The molecule has 2 saturated heterocycles. The van der Waals surface area contributed by atoms with Crippen molar-refractivity contribution in [1.82, 2.24) is 10.1 Å². The molecule has 0 amide bonds. The molecule has 1 aromatic carbocycles. The highest BCUT2D eigenvalue weighted by molar-refractivity contribution is 7.52. The van der Waals surface area contributed by atoms with Crippen molar-refractivity contribution in [1.29, 1.82) is 0 Å². The highest BCUT2D eigenvalue weighted by atomic mass is 31.2. The average molecular weight is 648 g/mol. The fourth-order valence-electron chi connectivity index (χ4n) is 6.45. The Morgan fingerprint density at radius 2 is 1.87 bits per heavy atom. The monoisotopic (exact) mass is 647 g/mol. The van der Waals surface area contributed by atoms with Crippen LogP contribution < -0.4 is 15.3 Å². The van der Waals surface area contributed by atoms with Crippen molar-refractivity contribution >= 4 is 25.9 Å².